The van der Waals surface area contributed by atoms with E-state index in [1.165, 1.54) is 0 Å². The highest BCUT2D eigenvalue weighted by atomic mass is 79.9. The van der Waals surface area contributed by atoms with Crippen LogP contribution in [0.25, 0.3) is 0 Å². The number of rotatable bonds is 1. The number of amides is 1. The van der Waals surface area contributed by atoms with E-state index in [1.54, 1.807) is 23.1 Å². The van der Waals surface area contributed by atoms with E-state index < -0.39 is 0 Å². The lowest BCUT2D eigenvalue weighted by molar-refractivity contribution is -0.124. The maximum absolute atomic E-state index is 12.3. The van der Waals surface area contributed by atoms with Crippen molar-refractivity contribution in [2.24, 2.45) is 5.92 Å². The molecule has 0 radical (unpaired) electrons. The molecule has 1 fully saturated rings. The molecular formula is C13H13BrClNO2. The summed E-state index contributed by atoms with van der Waals surface area (Å²) in [7, 11) is 0. The van der Waals surface area contributed by atoms with E-state index in [2.05, 4.69) is 15.9 Å². The average Bonchev–Trinajstić information content (AvgIpc) is 2.32. The fraction of sp³-hybridized carbons (Fsp3) is 0.385. The number of ketones is 1. The summed E-state index contributed by atoms with van der Waals surface area (Å²) in [5, 5.41) is 0.430. The molecule has 0 bridgehead atoms. The van der Waals surface area contributed by atoms with Gasteiger partial charge in [0.25, 0.3) is 5.91 Å². The van der Waals surface area contributed by atoms with Crippen LogP contribution in [-0.2, 0) is 4.79 Å². The second kappa shape index (κ2) is 5.41. The Hall–Kier alpha value is -0.870. The number of Topliss-reactive ketones (excluding diaryl/α,β-unsaturated/α-hetero) is 1. The molecule has 0 aliphatic carbocycles. The molecule has 0 N–H and O–H groups in total. The molecule has 0 spiro atoms. The van der Waals surface area contributed by atoms with E-state index in [4.69, 9.17) is 11.6 Å². The number of benzene rings is 1. The molecule has 1 amide bonds. The summed E-state index contributed by atoms with van der Waals surface area (Å²) in [5.41, 5.74) is 0.487. The quantitative estimate of drug-likeness (QED) is 0.793. The Labute approximate surface area is 119 Å². The first-order valence-electron chi connectivity index (χ1n) is 5.76. The van der Waals surface area contributed by atoms with E-state index >= 15 is 0 Å². The lowest BCUT2D eigenvalue weighted by Gasteiger charge is -2.30. The van der Waals surface area contributed by atoms with Gasteiger partial charge in [0.1, 0.15) is 5.78 Å². The minimum atomic E-state index is -0.105. The van der Waals surface area contributed by atoms with Gasteiger partial charge in [-0.15, -0.1) is 0 Å². The molecule has 96 valence electrons. The van der Waals surface area contributed by atoms with Crippen LogP contribution >= 0.6 is 27.5 Å². The van der Waals surface area contributed by atoms with Crippen LogP contribution in [0.3, 0.4) is 0 Å². The van der Waals surface area contributed by atoms with Crippen LogP contribution in [0.4, 0.5) is 0 Å². The van der Waals surface area contributed by atoms with Gasteiger partial charge in [0, 0.05) is 29.9 Å². The smallest absolute Gasteiger partial charge is 0.255 e. The molecule has 1 heterocycles. The third-order valence-electron chi connectivity index (χ3n) is 3.12. The summed E-state index contributed by atoms with van der Waals surface area (Å²) in [4.78, 5) is 25.4. The molecular weight excluding hydrogens is 318 g/mol. The monoisotopic (exact) mass is 329 g/mol. The van der Waals surface area contributed by atoms with Crippen LogP contribution < -0.4 is 0 Å². The van der Waals surface area contributed by atoms with Crippen molar-refractivity contribution in [2.75, 3.05) is 13.1 Å². The van der Waals surface area contributed by atoms with E-state index in [0.717, 1.165) is 4.47 Å². The molecule has 1 aliphatic rings. The minimum Gasteiger partial charge on any atom is -0.337 e. The second-order valence-corrected chi connectivity index (χ2v) is 5.82. The summed E-state index contributed by atoms with van der Waals surface area (Å²) in [5.74, 6) is 0.0322. The van der Waals surface area contributed by atoms with E-state index in [0.29, 0.717) is 30.1 Å². The van der Waals surface area contributed by atoms with Crippen LogP contribution in [0.5, 0.6) is 0 Å². The molecule has 1 aromatic rings. The van der Waals surface area contributed by atoms with E-state index in [-0.39, 0.29) is 17.6 Å². The van der Waals surface area contributed by atoms with Crippen LogP contribution in [0.15, 0.2) is 22.7 Å². The van der Waals surface area contributed by atoms with Gasteiger partial charge in [-0.25, -0.2) is 0 Å². The zero-order valence-electron chi connectivity index (χ0n) is 9.95. The van der Waals surface area contributed by atoms with Crippen molar-refractivity contribution >= 4 is 39.2 Å². The Kier molecular flexibility index (Phi) is 4.07. The normalized spacial score (nSPS) is 20.1. The van der Waals surface area contributed by atoms with Gasteiger partial charge in [0.05, 0.1) is 10.6 Å². The second-order valence-electron chi connectivity index (χ2n) is 4.49. The van der Waals surface area contributed by atoms with Gasteiger partial charge in [-0.2, -0.15) is 0 Å². The molecule has 1 unspecified atom stereocenters. The predicted octanol–water partition coefficient (Wildman–Crippen LogP) is 3.15. The predicted molar refractivity (Wildman–Crippen MR) is 73.8 cm³/mol. The van der Waals surface area contributed by atoms with Crippen molar-refractivity contribution in [3.8, 4) is 0 Å². The lowest BCUT2D eigenvalue weighted by atomic mass is 9.98. The number of hydrogen-bond acceptors (Lipinski definition) is 2. The van der Waals surface area contributed by atoms with Crippen molar-refractivity contribution < 1.29 is 9.59 Å². The highest BCUT2D eigenvalue weighted by Crippen LogP contribution is 2.24. The van der Waals surface area contributed by atoms with Gasteiger partial charge in [-0.3, -0.25) is 9.59 Å². The molecule has 1 aromatic carbocycles. The fourth-order valence-corrected chi connectivity index (χ4v) is 2.79. The Morgan fingerprint density at radius 2 is 2.22 bits per heavy atom. The van der Waals surface area contributed by atoms with E-state index in [1.807, 2.05) is 6.92 Å². The van der Waals surface area contributed by atoms with Gasteiger partial charge in [0.15, 0.2) is 0 Å². The van der Waals surface area contributed by atoms with Crippen molar-refractivity contribution in [1.29, 1.82) is 0 Å². The molecule has 18 heavy (non-hydrogen) atoms. The topological polar surface area (TPSA) is 37.4 Å². The molecule has 0 saturated carbocycles. The van der Waals surface area contributed by atoms with Crippen LogP contribution in [0.1, 0.15) is 23.7 Å². The maximum Gasteiger partial charge on any atom is 0.255 e. The molecule has 1 saturated heterocycles. The SMILES string of the molecule is CC1CN(C(=O)c2ccc(Br)cc2Cl)CCC1=O. The molecule has 1 aliphatic heterocycles. The van der Waals surface area contributed by atoms with Crippen LogP contribution in [0.2, 0.25) is 5.02 Å². The van der Waals surface area contributed by atoms with Crippen molar-refractivity contribution in [3.05, 3.63) is 33.3 Å². The van der Waals surface area contributed by atoms with Crippen molar-refractivity contribution in [2.45, 2.75) is 13.3 Å². The van der Waals surface area contributed by atoms with Crippen LogP contribution in [-0.4, -0.2) is 29.7 Å². The zero-order valence-corrected chi connectivity index (χ0v) is 12.3. The molecule has 0 aromatic heterocycles. The lowest BCUT2D eigenvalue weighted by Crippen LogP contribution is -2.43. The van der Waals surface area contributed by atoms with Gasteiger partial charge < -0.3 is 4.90 Å². The Morgan fingerprint density at radius 3 is 2.83 bits per heavy atom. The molecule has 2 rings (SSSR count). The number of hydrogen-bond donors (Lipinski definition) is 0. The first-order chi connectivity index (χ1) is 8.49. The van der Waals surface area contributed by atoms with Gasteiger partial charge in [-0.05, 0) is 18.2 Å². The molecule has 3 nitrogen and oxygen atoms in total. The molecule has 1 atom stereocenters. The summed E-state index contributed by atoms with van der Waals surface area (Å²) in [6, 6.07) is 5.20. The Morgan fingerprint density at radius 1 is 1.50 bits per heavy atom. The van der Waals surface area contributed by atoms with Gasteiger partial charge in [0.2, 0.25) is 0 Å². The third-order valence-corrected chi connectivity index (χ3v) is 3.93. The first kappa shape index (κ1) is 13.6. The van der Waals surface area contributed by atoms with E-state index in [9.17, 15) is 9.59 Å². The summed E-state index contributed by atoms with van der Waals surface area (Å²) >= 11 is 9.37. The number of piperidine rings is 1. The summed E-state index contributed by atoms with van der Waals surface area (Å²) < 4.78 is 0.839. The van der Waals surface area contributed by atoms with Gasteiger partial charge in [-0.1, -0.05) is 34.5 Å². The highest BCUT2D eigenvalue weighted by molar-refractivity contribution is 9.10. The largest absolute Gasteiger partial charge is 0.337 e. The zero-order chi connectivity index (χ0) is 13.3. The number of carbonyl (C=O) groups excluding carboxylic acids is 2. The minimum absolute atomic E-state index is 0.0862. The average molecular weight is 331 g/mol. The van der Waals surface area contributed by atoms with Crippen molar-refractivity contribution in [1.82, 2.24) is 4.90 Å². The standard InChI is InChI=1S/C13H13BrClNO2/c1-8-7-16(5-4-12(8)17)13(18)10-3-2-9(14)6-11(10)15/h2-3,6,8H,4-5,7H2,1H3. The fourth-order valence-electron chi connectivity index (χ4n) is 2.03. The summed E-state index contributed by atoms with van der Waals surface area (Å²) in [6.45, 7) is 2.81. The third kappa shape index (κ3) is 2.75. The summed E-state index contributed by atoms with van der Waals surface area (Å²) in [6.07, 6.45) is 0.432. The molecule has 5 heteroatoms. The first-order valence-corrected chi connectivity index (χ1v) is 6.93. The Balaban J connectivity index is 2.19. The number of halogens is 2. The van der Waals surface area contributed by atoms with Crippen molar-refractivity contribution in [3.63, 3.8) is 0 Å². The number of carbonyl (C=O) groups is 2. The van der Waals surface area contributed by atoms with Crippen LogP contribution in [0, 0.1) is 5.92 Å². The number of likely N-dealkylation sites (tertiary alicyclic amines) is 1. The number of nitrogens with zero attached hydrogens (tertiary/aromatic N) is 1. The maximum atomic E-state index is 12.3. The van der Waals surface area contributed by atoms with Gasteiger partial charge >= 0.3 is 0 Å². The highest BCUT2D eigenvalue weighted by Gasteiger charge is 2.28. The Bertz CT molecular complexity index is 504.